The molecule has 0 aliphatic rings. The van der Waals surface area contributed by atoms with Gasteiger partial charge in [0, 0.05) is 18.5 Å². The number of aromatic amines is 1. The third kappa shape index (κ3) is 2.26. The van der Waals surface area contributed by atoms with Gasteiger partial charge in [-0.2, -0.15) is 0 Å². The third-order valence-corrected chi connectivity index (χ3v) is 2.71. The molecule has 0 aliphatic carbocycles. The van der Waals surface area contributed by atoms with Crippen LogP contribution in [0.15, 0.2) is 29.1 Å². The van der Waals surface area contributed by atoms with Crippen LogP contribution in [0.4, 0.5) is 5.69 Å². The number of aliphatic hydroxyl groups excluding tert-OH is 1. The van der Waals surface area contributed by atoms with Crippen molar-refractivity contribution in [2.24, 2.45) is 0 Å². The molecular formula is C13H14N2O3. The van der Waals surface area contributed by atoms with E-state index in [1.807, 2.05) is 18.2 Å². The molecule has 0 radical (unpaired) electrons. The highest BCUT2D eigenvalue weighted by Gasteiger charge is 2.10. The smallest absolute Gasteiger partial charge is 0.261 e. The van der Waals surface area contributed by atoms with Gasteiger partial charge in [0.25, 0.3) is 5.56 Å². The summed E-state index contributed by atoms with van der Waals surface area (Å²) in [7, 11) is 0. The molecule has 2 aromatic rings. The van der Waals surface area contributed by atoms with Gasteiger partial charge in [0.1, 0.15) is 5.56 Å². The van der Waals surface area contributed by atoms with Gasteiger partial charge in [-0.15, -0.1) is 0 Å². The van der Waals surface area contributed by atoms with Crippen LogP contribution in [-0.2, 0) is 0 Å². The number of para-hydroxylation sites is 1. The van der Waals surface area contributed by atoms with Gasteiger partial charge in [-0.25, -0.2) is 0 Å². The number of hydrogen-bond acceptors (Lipinski definition) is 4. The number of anilines is 1. The van der Waals surface area contributed by atoms with Gasteiger partial charge in [-0.3, -0.25) is 9.59 Å². The number of fused-ring (bicyclic) bond motifs is 1. The Morgan fingerprint density at radius 1 is 1.33 bits per heavy atom. The number of nitrogens with one attached hydrogen (secondary N) is 2. The molecular weight excluding hydrogens is 232 g/mol. The Balaban J connectivity index is 2.57. The van der Waals surface area contributed by atoms with Crippen LogP contribution in [-0.4, -0.2) is 29.5 Å². The van der Waals surface area contributed by atoms with Crippen LogP contribution in [0.1, 0.15) is 16.8 Å². The molecule has 0 aliphatic heterocycles. The standard InChI is InChI=1S/C13H14N2O3/c16-7-3-6-14-12-9-4-1-2-5-11(9)15-13(18)10(12)8-17/h1-2,4-5,8,16H,3,6-7H2,(H2,14,15,18). The zero-order valence-electron chi connectivity index (χ0n) is 9.77. The first-order chi connectivity index (χ1) is 8.77. The second-order valence-corrected chi connectivity index (χ2v) is 3.91. The van der Waals surface area contributed by atoms with Crippen molar-refractivity contribution in [1.82, 2.24) is 4.98 Å². The van der Waals surface area contributed by atoms with E-state index in [9.17, 15) is 9.59 Å². The Labute approximate surface area is 103 Å². The number of benzene rings is 1. The summed E-state index contributed by atoms with van der Waals surface area (Å²) in [4.78, 5) is 25.4. The van der Waals surface area contributed by atoms with Crippen molar-refractivity contribution in [1.29, 1.82) is 0 Å². The highest BCUT2D eigenvalue weighted by molar-refractivity contribution is 5.99. The molecule has 0 saturated heterocycles. The minimum atomic E-state index is -0.407. The van der Waals surface area contributed by atoms with Crippen LogP contribution in [0.2, 0.25) is 0 Å². The van der Waals surface area contributed by atoms with Gasteiger partial charge < -0.3 is 15.4 Å². The number of aromatic nitrogens is 1. The van der Waals surface area contributed by atoms with E-state index in [0.29, 0.717) is 30.5 Å². The number of aliphatic hydroxyl groups is 1. The Morgan fingerprint density at radius 3 is 2.83 bits per heavy atom. The third-order valence-electron chi connectivity index (χ3n) is 2.71. The second-order valence-electron chi connectivity index (χ2n) is 3.91. The summed E-state index contributed by atoms with van der Waals surface area (Å²) in [6.07, 6.45) is 1.10. The maximum atomic E-state index is 11.7. The van der Waals surface area contributed by atoms with Crippen molar-refractivity contribution < 1.29 is 9.90 Å². The van der Waals surface area contributed by atoms with Gasteiger partial charge in [0.2, 0.25) is 0 Å². The Bertz CT molecular complexity index is 619. The van der Waals surface area contributed by atoms with E-state index in [-0.39, 0.29) is 12.2 Å². The second kappa shape index (κ2) is 5.46. The van der Waals surface area contributed by atoms with E-state index in [4.69, 9.17) is 5.11 Å². The molecule has 0 bridgehead atoms. The monoisotopic (exact) mass is 246 g/mol. The van der Waals surface area contributed by atoms with Gasteiger partial charge in [-0.1, -0.05) is 18.2 Å². The first-order valence-corrected chi connectivity index (χ1v) is 5.73. The fourth-order valence-electron chi connectivity index (χ4n) is 1.85. The number of carbonyl (C=O) groups excluding carboxylic acids is 1. The first-order valence-electron chi connectivity index (χ1n) is 5.73. The predicted octanol–water partition coefficient (Wildman–Crippen LogP) is 1.13. The Hall–Kier alpha value is -2.14. The van der Waals surface area contributed by atoms with Crippen LogP contribution in [0.3, 0.4) is 0 Å². The zero-order chi connectivity index (χ0) is 13.0. The highest BCUT2D eigenvalue weighted by Crippen LogP contribution is 2.22. The van der Waals surface area contributed by atoms with Crippen LogP contribution >= 0.6 is 0 Å². The van der Waals surface area contributed by atoms with Crippen molar-refractivity contribution in [3.05, 3.63) is 40.2 Å². The van der Waals surface area contributed by atoms with Crippen LogP contribution in [0.25, 0.3) is 10.9 Å². The topological polar surface area (TPSA) is 82.2 Å². The summed E-state index contributed by atoms with van der Waals surface area (Å²) >= 11 is 0. The minimum absolute atomic E-state index is 0.0601. The average molecular weight is 246 g/mol. The molecule has 0 spiro atoms. The quantitative estimate of drug-likeness (QED) is 0.545. The molecule has 5 nitrogen and oxygen atoms in total. The summed E-state index contributed by atoms with van der Waals surface area (Å²) < 4.78 is 0. The molecule has 0 atom stereocenters. The van der Waals surface area contributed by atoms with Crippen molar-refractivity contribution >= 4 is 22.9 Å². The molecule has 0 saturated carbocycles. The molecule has 1 aromatic heterocycles. The van der Waals surface area contributed by atoms with Crippen molar-refractivity contribution in [3.8, 4) is 0 Å². The van der Waals surface area contributed by atoms with Gasteiger partial charge in [0.15, 0.2) is 6.29 Å². The van der Waals surface area contributed by atoms with E-state index < -0.39 is 5.56 Å². The van der Waals surface area contributed by atoms with Crippen LogP contribution in [0, 0.1) is 0 Å². The Kier molecular flexibility index (Phi) is 3.74. The lowest BCUT2D eigenvalue weighted by molar-refractivity contribution is 0.112. The van der Waals surface area contributed by atoms with Gasteiger partial charge in [0.05, 0.1) is 11.2 Å². The predicted molar refractivity (Wildman–Crippen MR) is 70.1 cm³/mol. The van der Waals surface area contributed by atoms with E-state index in [2.05, 4.69) is 10.3 Å². The summed E-state index contributed by atoms with van der Waals surface area (Å²) in [5, 5.41) is 12.6. The van der Waals surface area contributed by atoms with Crippen molar-refractivity contribution in [2.45, 2.75) is 6.42 Å². The number of carbonyl (C=O) groups is 1. The number of aldehydes is 1. The largest absolute Gasteiger partial charge is 0.396 e. The molecule has 94 valence electrons. The van der Waals surface area contributed by atoms with Gasteiger partial charge in [-0.05, 0) is 12.5 Å². The normalized spacial score (nSPS) is 10.5. The van der Waals surface area contributed by atoms with E-state index >= 15 is 0 Å². The van der Waals surface area contributed by atoms with Crippen molar-refractivity contribution in [2.75, 3.05) is 18.5 Å². The fraction of sp³-hybridized carbons (Fsp3) is 0.231. The number of rotatable bonds is 5. The minimum Gasteiger partial charge on any atom is -0.396 e. The lowest BCUT2D eigenvalue weighted by atomic mass is 10.1. The summed E-state index contributed by atoms with van der Waals surface area (Å²) in [6, 6.07) is 7.27. The van der Waals surface area contributed by atoms with Crippen LogP contribution in [0.5, 0.6) is 0 Å². The summed E-state index contributed by atoms with van der Waals surface area (Å²) in [6.45, 7) is 0.565. The SMILES string of the molecule is O=Cc1c(NCCCO)c2ccccc2[nH]c1=O. The highest BCUT2D eigenvalue weighted by atomic mass is 16.3. The molecule has 3 N–H and O–H groups in total. The molecule has 5 heteroatoms. The molecule has 1 aromatic carbocycles. The first kappa shape index (κ1) is 12.3. The number of pyridine rings is 1. The Morgan fingerprint density at radius 2 is 2.11 bits per heavy atom. The van der Waals surface area contributed by atoms with Crippen molar-refractivity contribution in [3.63, 3.8) is 0 Å². The maximum absolute atomic E-state index is 11.7. The van der Waals surface area contributed by atoms with Gasteiger partial charge >= 0.3 is 0 Å². The average Bonchev–Trinajstić information content (AvgIpc) is 2.38. The lowest BCUT2D eigenvalue weighted by Gasteiger charge is -2.11. The number of hydrogen-bond donors (Lipinski definition) is 3. The summed E-state index contributed by atoms with van der Waals surface area (Å²) in [5.41, 5.74) is 0.888. The zero-order valence-corrected chi connectivity index (χ0v) is 9.77. The van der Waals surface area contributed by atoms with E-state index in [1.54, 1.807) is 6.07 Å². The summed E-state index contributed by atoms with van der Waals surface area (Å²) in [5.74, 6) is 0. The fourth-order valence-corrected chi connectivity index (χ4v) is 1.85. The number of H-pyrrole nitrogens is 1. The lowest BCUT2D eigenvalue weighted by Crippen LogP contribution is -2.17. The molecule has 0 amide bonds. The molecule has 1 heterocycles. The molecule has 0 unspecified atom stereocenters. The molecule has 0 fully saturated rings. The molecule has 2 rings (SSSR count). The maximum Gasteiger partial charge on any atom is 0.261 e. The van der Waals surface area contributed by atoms with E-state index in [1.165, 1.54) is 0 Å². The van der Waals surface area contributed by atoms with E-state index in [0.717, 1.165) is 5.39 Å². The molecule has 18 heavy (non-hydrogen) atoms. The van der Waals surface area contributed by atoms with Crippen LogP contribution < -0.4 is 10.9 Å².